The lowest BCUT2D eigenvalue weighted by Crippen LogP contribution is -1.96. The van der Waals surface area contributed by atoms with Crippen molar-refractivity contribution in [2.75, 3.05) is 0 Å². The highest BCUT2D eigenvalue weighted by Gasteiger charge is 2.26. The fourth-order valence-corrected chi connectivity index (χ4v) is 4.86. The van der Waals surface area contributed by atoms with Crippen LogP contribution in [-0.2, 0) is 12.8 Å². The minimum atomic E-state index is 0.134. The van der Waals surface area contributed by atoms with Gasteiger partial charge in [0.2, 0.25) is 0 Å². The number of rotatable bonds is 2. The molecule has 6 rings (SSSR count). The molecule has 0 aromatic heterocycles. The number of hydrogen-bond donors (Lipinski definition) is 2. The van der Waals surface area contributed by atoms with E-state index in [0.717, 1.165) is 35.1 Å². The van der Waals surface area contributed by atoms with Crippen LogP contribution >= 0.6 is 0 Å². The Labute approximate surface area is 198 Å². The third-order valence-electron chi connectivity index (χ3n) is 6.46. The first kappa shape index (κ1) is 21.7. The lowest BCUT2D eigenvalue weighted by Gasteiger charge is -2.10. The third kappa shape index (κ3) is 3.88. The Balaban J connectivity index is 0.000000142. The number of carbonyl (C=O) groups is 2. The van der Waals surface area contributed by atoms with Crippen LogP contribution < -0.4 is 0 Å². The summed E-state index contributed by atoms with van der Waals surface area (Å²) in [6.07, 6.45) is 2.68. The molecule has 0 spiro atoms. The summed E-state index contributed by atoms with van der Waals surface area (Å²) >= 11 is 0. The number of carbonyl (C=O) groups excluding carboxylic acids is 2. The second-order valence-corrected chi connectivity index (χ2v) is 8.57. The fraction of sp³-hybridized carbons (Fsp3) is 0.133. The molecule has 4 aromatic rings. The molecule has 0 unspecified atom stereocenters. The van der Waals surface area contributed by atoms with Crippen molar-refractivity contribution in [2.24, 2.45) is 0 Å². The summed E-state index contributed by atoms with van der Waals surface area (Å²) < 4.78 is 0. The number of phenols is 2. The van der Waals surface area contributed by atoms with Gasteiger partial charge in [-0.1, -0.05) is 72.8 Å². The number of aromatic hydroxyl groups is 2. The maximum atomic E-state index is 11.9. The highest BCUT2D eigenvalue weighted by atomic mass is 16.3. The van der Waals surface area contributed by atoms with E-state index in [1.54, 1.807) is 12.1 Å². The molecule has 4 aromatic carbocycles. The van der Waals surface area contributed by atoms with Gasteiger partial charge in [0.25, 0.3) is 0 Å². The zero-order chi connectivity index (χ0) is 23.7. The van der Waals surface area contributed by atoms with E-state index in [4.69, 9.17) is 0 Å². The second kappa shape index (κ2) is 8.99. The van der Waals surface area contributed by atoms with Crippen LogP contribution in [0.1, 0.15) is 44.7 Å². The van der Waals surface area contributed by atoms with Gasteiger partial charge in [0.15, 0.2) is 11.6 Å². The Kier molecular flexibility index (Phi) is 5.72. The van der Waals surface area contributed by atoms with Gasteiger partial charge in [-0.15, -0.1) is 0 Å². The van der Waals surface area contributed by atoms with E-state index in [1.165, 1.54) is 0 Å². The molecular weight excluding hydrogens is 424 g/mol. The maximum Gasteiger partial charge on any atom is 0.164 e. The fourth-order valence-electron chi connectivity index (χ4n) is 4.86. The predicted molar refractivity (Wildman–Crippen MR) is 132 cm³/mol. The van der Waals surface area contributed by atoms with Crippen LogP contribution in [0.4, 0.5) is 0 Å². The number of aryl methyl sites for hydroxylation is 2. The number of benzene rings is 4. The lowest BCUT2D eigenvalue weighted by atomic mass is 9.95. The maximum absolute atomic E-state index is 11.9. The van der Waals surface area contributed by atoms with Crippen LogP contribution in [0.3, 0.4) is 0 Å². The average molecular weight is 449 g/mol. The number of hydrogen-bond acceptors (Lipinski definition) is 4. The predicted octanol–water partition coefficient (Wildman–Crippen LogP) is 6.38. The molecule has 2 aliphatic rings. The Hall–Kier alpha value is -4.18. The van der Waals surface area contributed by atoms with Gasteiger partial charge >= 0.3 is 0 Å². The van der Waals surface area contributed by atoms with Gasteiger partial charge in [-0.05, 0) is 47.2 Å². The zero-order valence-corrected chi connectivity index (χ0v) is 18.6. The summed E-state index contributed by atoms with van der Waals surface area (Å²) in [5, 5.41) is 20.0. The van der Waals surface area contributed by atoms with Gasteiger partial charge in [0, 0.05) is 35.1 Å². The summed E-state index contributed by atoms with van der Waals surface area (Å²) in [5.41, 5.74) is 6.68. The van der Waals surface area contributed by atoms with Gasteiger partial charge in [0.1, 0.15) is 11.5 Å². The van der Waals surface area contributed by atoms with Crippen molar-refractivity contribution in [1.29, 1.82) is 0 Å². The largest absolute Gasteiger partial charge is 0.507 e. The number of ketones is 2. The summed E-state index contributed by atoms with van der Waals surface area (Å²) in [7, 11) is 0. The summed E-state index contributed by atoms with van der Waals surface area (Å²) in [6.45, 7) is 0. The van der Waals surface area contributed by atoms with E-state index in [2.05, 4.69) is 0 Å². The molecular formula is C30H24O4. The molecule has 0 atom stereocenters. The molecule has 0 aliphatic heterocycles. The lowest BCUT2D eigenvalue weighted by molar-refractivity contribution is 0.0987. The van der Waals surface area contributed by atoms with Crippen molar-refractivity contribution >= 4 is 11.6 Å². The van der Waals surface area contributed by atoms with Gasteiger partial charge in [-0.2, -0.15) is 0 Å². The van der Waals surface area contributed by atoms with E-state index < -0.39 is 0 Å². The average Bonchev–Trinajstić information content (AvgIpc) is 3.43. The molecule has 2 N–H and O–H groups in total. The molecule has 4 heteroatoms. The van der Waals surface area contributed by atoms with E-state index in [1.807, 2.05) is 72.8 Å². The van der Waals surface area contributed by atoms with Gasteiger partial charge in [-0.3, -0.25) is 9.59 Å². The number of fused-ring (bicyclic) bond motifs is 2. The molecule has 0 saturated carbocycles. The van der Waals surface area contributed by atoms with Crippen molar-refractivity contribution in [1.82, 2.24) is 0 Å². The Bertz CT molecular complexity index is 1280. The molecule has 0 amide bonds. The molecule has 2 aliphatic carbocycles. The minimum Gasteiger partial charge on any atom is -0.507 e. The Morgan fingerprint density at radius 3 is 1.21 bits per heavy atom. The van der Waals surface area contributed by atoms with Crippen LogP contribution in [0.2, 0.25) is 0 Å². The van der Waals surface area contributed by atoms with Crippen LogP contribution in [-0.4, -0.2) is 21.8 Å². The van der Waals surface area contributed by atoms with Crippen molar-refractivity contribution in [3.05, 3.63) is 107 Å². The van der Waals surface area contributed by atoms with E-state index in [-0.39, 0.29) is 23.1 Å². The zero-order valence-electron chi connectivity index (χ0n) is 18.6. The molecule has 4 nitrogen and oxygen atoms in total. The Morgan fingerprint density at radius 2 is 0.824 bits per heavy atom. The van der Waals surface area contributed by atoms with Gasteiger partial charge in [0.05, 0.1) is 0 Å². The molecule has 0 radical (unpaired) electrons. The summed E-state index contributed by atoms with van der Waals surface area (Å²) in [4.78, 5) is 23.8. The second-order valence-electron chi connectivity index (χ2n) is 8.57. The normalized spacial score (nSPS) is 13.8. The summed E-state index contributed by atoms with van der Waals surface area (Å²) in [6, 6.07) is 26.2. The van der Waals surface area contributed by atoms with Crippen molar-refractivity contribution < 1.29 is 19.8 Å². The SMILES string of the molecule is O=C1CCc2ccc(O)c(-c3ccccc3)c21.O=C1CCc2ccc(O)c(-c3ccccc3)c21. The summed E-state index contributed by atoms with van der Waals surface area (Å²) in [5.74, 6) is 0.639. The van der Waals surface area contributed by atoms with Gasteiger partial charge in [-0.25, -0.2) is 0 Å². The highest BCUT2D eigenvalue weighted by molar-refractivity contribution is 6.08. The molecule has 34 heavy (non-hydrogen) atoms. The number of Topliss-reactive ketones (excluding diaryl/α,β-unsaturated/α-hetero) is 2. The molecule has 0 heterocycles. The van der Waals surface area contributed by atoms with Crippen molar-refractivity contribution in [3.63, 3.8) is 0 Å². The topological polar surface area (TPSA) is 74.6 Å². The van der Waals surface area contributed by atoms with E-state index in [0.29, 0.717) is 35.1 Å². The number of phenolic OH excluding ortho intramolecular Hbond substituents is 2. The molecule has 168 valence electrons. The third-order valence-corrected chi connectivity index (χ3v) is 6.46. The quantitative estimate of drug-likeness (QED) is 0.373. The minimum absolute atomic E-state index is 0.134. The van der Waals surface area contributed by atoms with Crippen molar-refractivity contribution in [3.8, 4) is 33.8 Å². The van der Waals surface area contributed by atoms with Crippen LogP contribution in [0.25, 0.3) is 22.3 Å². The molecule has 0 bridgehead atoms. The van der Waals surface area contributed by atoms with E-state index in [9.17, 15) is 19.8 Å². The smallest absolute Gasteiger partial charge is 0.164 e. The van der Waals surface area contributed by atoms with E-state index >= 15 is 0 Å². The Morgan fingerprint density at radius 1 is 0.441 bits per heavy atom. The van der Waals surface area contributed by atoms with Gasteiger partial charge < -0.3 is 10.2 Å². The first-order chi connectivity index (χ1) is 16.5. The van der Waals surface area contributed by atoms with Crippen LogP contribution in [0.15, 0.2) is 84.9 Å². The monoisotopic (exact) mass is 448 g/mol. The highest BCUT2D eigenvalue weighted by Crippen LogP contribution is 2.39. The first-order valence-corrected chi connectivity index (χ1v) is 11.4. The van der Waals surface area contributed by atoms with Crippen molar-refractivity contribution in [2.45, 2.75) is 25.7 Å². The molecule has 0 fully saturated rings. The molecule has 0 saturated heterocycles. The van der Waals surface area contributed by atoms with Crippen LogP contribution in [0, 0.1) is 0 Å². The first-order valence-electron chi connectivity index (χ1n) is 11.4. The standard InChI is InChI=1S/2C15H12O2/c2*16-12-8-6-11-7-9-13(17)15(11)14(12)10-4-2-1-3-5-10/h2*1-6,8,16H,7,9H2. The van der Waals surface area contributed by atoms with Crippen LogP contribution in [0.5, 0.6) is 11.5 Å².